The Morgan fingerprint density at radius 2 is 1.82 bits per heavy atom. The SMILES string of the molecule is Br.N#C/C(=C/c1ccc(N2CCOCC2)cc1)c1nc(-c2ccncc2)cs1. The van der Waals surface area contributed by atoms with Gasteiger partial charge in [0, 0.05) is 42.1 Å². The number of pyridine rings is 1. The van der Waals surface area contributed by atoms with E-state index in [4.69, 9.17) is 4.74 Å². The molecule has 0 aliphatic carbocycles. The molecule has 2 aromatic heterocycles. The van der Waals surface area contributed by atoms with Crippen LogP contribution < -0.4 is 4.90 Å². The van der Waals surface area contributed by atoms with Gasteiger partial charge in [-0.15, -0.1) is 28.3 Å². The van der Waals surface area contributed by atoms with Crippen LogP contribution in [0.5, 0.6) is 0 Å². The Morgan fingerprint density at radius 1 is 1.11 bits per heavy atom. The highest BCUT2D eigenvalue weighted by Gasteiger charge is 2.12. The van der Waals surface area contributed by atoms with Crippen molar-refractivity contribution in [3.63, 3.8) is 0 Å². The zero-order valence-electron chi connectivity index (χ0n) is 15.1. The first kappa shape index (κ1) is 20.2. The zero-order valence-corrected chi connectivity index (χ0v) is 17.6. The fraction of sp³-hybridized carbons (Fsp3) is 0.190. The summed E-state index contributed by atoms with van der Waals surface area (Å²) in [4.78, 5) is 11.0. The van der Waals surface area contributed by atoms with Gasteiger partial charge in [0.15, 0.2) is 0 Å². The molecule has 3 heterocycles. The third-order valence-electron chi connectivity index (χ3n) is 4.41. The fourth-order valence-electron chi connectivity index (χ4n) is 2.96. The van der Waals surface area contributed by atoms with E-state index >= 15 is 0 Å². The molecule has 0 unspecified atom stereocenters. The molecule has 7 heteroatoms. The van der Waals surface area contributed by atoms with Crippen molar-refractivity contribution < 1.29 is 4.74 Å². The molecule has 0 amide bonds. The molecule has 28 heavy (non-hydrogen) atoms. The molecular weight excluding hydrogens is 436 g/mol. The first-order chi connectivity index (χ1) is 13.3. The quantitative estimate of drug-likeness (QED) is 0.535. The number of hydrogen-bond donors (Lipinski definition) is 0. The highest BCUT2D eigenvalue weighted by Crippen LogP contribution is 2.27. The van der Waals surface area contributed by atoms with Crippen LogP contribution in [0.25, 0.3) is 22.9 Å². The molecule has 1 fully saturated rings. The molecule has 0 radical (unpaired) electrons. The van der Waals surface area contributed by atoms with Gasteiger partial charge in [0.2, 0.25) is 0 Å². The van der Waals surface area contributed by atoms with E-state index in [-0.39, 0.29) is 17.0 Å². The number of benzene rings is 1. The second-order valence-corrected chi connectivity index (χ2v) is 6.99. The molecule has 1 aliphatic rings. The molecule has 0 N–H and O–H groups in total. The molecule has 4 rings (SSSR count). The van der Waals surface area contributed by atoms with Crippen LogP contribution in [0.2, 0.25) is 0 Å². The summed E-state index contributed by atoms with van der Waals surface area (Å²) in [6.45, 7) is 3.36. The van der Waals surface area contributed by atoms with Crippen molar-refractivity contribution in [3.8, 4) is 17.3 Å². The molecule has 0 atom stereocenters. The Balaban J connectivity index is 0.00000225. The smallest absolute Gasteiger partial charge is 0.134 e. The van der Waals surface area contributed by atoms with Crippen LogP contribution in [0, 0.1) is 11.3 Å². The van der Waals surface area contributed by atoms with Gasteiger partial charge in [-0.2, -0.15) is 5.26 Å². The molecule has 0 spiro atoms. The van der Waals surface area contributed by atoms with Crippen molar-refractivity contribution in [2.45, 2.75) is 0 Å². The molecule has 0 saturated carbocycles. The molecular formula is C21H19BrN4OS. The number of allylic oxidation sites excluding steroid dienone is 1. The summed E-state index contributed by atoms with van der Waals surface area (Å²) in [5.41, 5.74) is 4.60. The van der Waals surface area contributed by atoms with Gasteiger partial charge in [-0.05, 0) is 35.9 Å². The average Bonchev–Trinajstić information content (AvgIpc) is 3.24. The first-order valence-corrected chi connectivity index (χ1v) is 9.62. The third kappa shape index (κ3) is 4.65. The van der Waals surface area contributed by atoms with E-state index in [1.54, 1.807) is 12.4 Å². The summed E-state index contributed by atoms with van der Waals surface area (Å²) >= 11 is 1.48. The van der Waals surface area contributed by atoms with Crippen LogP contribution in [0.3, 0.4) is 0 Å². The van der Waals surface area contributed by atoms with E-state index in [9.17, 15) is 5.26 Å². The number of thiazole rings is 1. The van der Waals surface area contributed by atoms with E-state index in [0.717, 1.165) is 48.1 Å². The normalized spacial score (nSPS) is 14.2. The Labute approximate surface area is 178 Å². The number of hydrogen-bond acceptors (Lipinski definition) is 6. The van der Waals surface area contributed by atoms with Crippen molar-refractivity contribution in [3.05, 3.63) is 64.7 Å². The second-order valence-electron chi connectivity index (χ2n) is 6.13. The second kappa shape index (κ2) is 9.60. The number of nitriles is 1. The van der Waals surface area contributed by atoms with Gasteiger partial charge in [0.25, 0.3) is 0 Å². The summed E-state index contributed by atoms with van der Waals surface area (Å²) in [5.74, 6) is 0. The molecule has 1 aliphatic heterocycles. The number of halogens is 1. The molecule has 5 nitrogen and oxygen atoms in total. The van der Waals surface area contributed by atoms with Crippen LogP contribution in [0.15, 0.2) is 54.2 Å². The maximum atomic E-state index is 9.60. The minimum atomic E-state index is 0. The van der Waals surface area contributed by atoms with Crippen LogP contribution in [-0.2, 0) is 4.74 Å². The van der Waals surface area contributed by atoms with Crippen molar-refractivity contribution in [1.29, 1.82) is 5.26 Å². The van der Waals surface area contributed by atoms with Crippen LogP contribution in [-0.4, -0.2) is 36.3 Å². The number of rotatable bonds is 4. The fourth-order valence-corrected chi connectivity index (χ4v) is 3.76. The van der Waals surface area contributed by atoms with Crippen LogP contribution in [0.4, 0.5) is 5.69 Å². The van der Waals surface area contributed by atoms with Gasteiger partial charge < -0.3 is 9.64 Å². The lowest BCUT2D eigenvalue weighted by molar-refractivity contribution is 0.122. The Kier molecular flexibility index (Phi) is 6.93. The lowest BCUT2D eigenvalue weighted by atomic mass is 10.1. The predicted octanol–water partition coefficient (Wildman–Crippen LogP) is 4.68. The van der Waals surface area contributed by atoms with E-state index in [2.05, 4.69) is 33.1 Å². The number of nitrogens with zero attached hydrogens (tertiary/aromatic N) is 4. The molecule has 0 bridgehead atoms. The Bertz CT molecular complexity index is 974. The number of anilines is 1. The summed E-state index contributed by atoms with van der Waals surface area (Å²) in [7, 11) is 0. The van der Waals surface area contributed by atoms with Crippen LogP contribution in [0.1, 0.15) is 10.6 Å². The maximum Gasteiger partial charge on any atom is 0.134 e. The number of morpholine rings is 1. The lowest BCUT2D eigenvalue weighted by Crippen LogP contribution is -2.36. The molecule has 1 saturated heterocycles. The van der Waals surface area contributed by atoms with Gasteiger partial charge in [-0.3, -0.25) is 4.98 Å². The molecule has 1 aromatic carbocycles. The molecule has 3 aromatic rings. The zero-order chi connectivity index (χ0) is 18.5. The minimum Gasteiger partial charge on any atom is -0.378 e. The number of ether oxygens (including phenoxy) is 1. The van der Waals surface area contributed by atoms with Gasteiger partial charge >= 0.3 is 0 Å². The standard InChI is InChI=1S/C21H18N4OS.BrH/c22-14-18(21-24-20(15-27-21)17-5-7-23-8-6-17)13-16-1-3-19(4-2-16)25-9-11-26-12-10-25;/h1-8,13,15H,9-12H2;1H/b18-13-;. The van der Waals surface area contributed by atoms with Crippen molar-refractivity contribution >= 4 is 45.7 Å². The van der Waals surface area contributed by atoms with Gasteiger partial charge in [0.05, 0.1) is 24.5 Å². The summed E-state index contributed by atoms with van der Waals surface area (Å²) in [6, 6.07) is 14.4. The monoisotopic (exact) mass is 454 g/mol. The Morgan fingerprint density at radius 3 is 2.50 bits per heavy atom. The minimum absolute atomic E-state index is 0. The predicted molar refractivity (Wildman–Crippen MR) is 119 cm³/mol. The average molecular weight is 455 g/mol. The van der Waals surface area contributed by atoms with Crippen LogP contribution >= 0.6 is 28.3 Å². The largest absolute Gasteiger partial charge is 0.378 e. The maximum absolute atomic E-state index is 9.60. The molecule has 142 valence electrons. The first-order valence-electron chi connectivity index (χ1n) is 8.74. The highest BCUT2D eigenvalue weighted by atomic mass is 79.9. The van der Waals surface area contributed by atoms with E-state index in [1.165, 1.54) is 17.0 Å². The van der Waals surface area contributed by atoms with Gasteiger partial charge in [-0.25, -0.2) is 4.98 Å². The van der Waals surface area contributed by atoms with Crippen molar-refractivity contribution in [1.82, 2.24) is 9.97 Å². The lowest BCUT2D eigenvalue weighted by Gasteiger charge is -2.28. The van der Waals surface area contributed by atoms with Gasteiger partial charge in [-0.1, -0.05) is 12.1 Å². The summed E-state index contributed by atoms with van der Waals surface area (Å²) in [5, 5.41) is 12.3. The Hall–Kier alpha value is -2.53. The topological polar surface area (TPSA) is 62.0 Å². The number of aromatic nitrogens is 2. The summed E-state index contributed by atoms with van der Waals surface area (Å²) in [6.07, 6.45) is 5.37. The van der Waals surface area contributed by atoms with Crippen molar-refractivity contribution in [2.75, 3.05) is 31.2 Å². The van der Waals surface area contributed by atoms with E-state index < -0.39 is 0 Å². The highest BCUT2D eigenvalue weighted by molar-refractivity contribution is 8.93. The summed E-state index contributed by atoms with van der Waals surface area (Å²) < 4.78 is 5.40. The van der Waals surface area contributed by atoms with E-state index in [0.29, 0.717) is 5.57 Å². The van der Waals surface area contributed by atoms with Crippen molar-refractivity contribution in [2.24, 2.45) is 0 Å². The van der Waals surface area contributed by atoms with E-state index in [1.807, 2.05) is 35.7 Å². The third-order valence-corrected chi connectivity index (χ3v) is 5.29. The van der Waals surface area contributed by atoms with Gasteiger partial charge in [0.1, 0.15) is 11.1 Å².